The molecular formula is C14H17N3O2. The van der Waals surface area contributed by atoms with E-state index in [-0.39, 0.29) is 0 Å². The number of aromatic amines is 2. The summed E-state index contributed by atoms with van der Waals surface area (Å²) in [5, 5.41) is 3.46. The minimum absolute atomic E-state index is 0.382. The Morgan fingerprint density at radius 3 is 2.42 bits per heavy atom. The first-order chi connectivity index (χ1) is 8.98. The van der Waals surface area contributed by atoms with Gasteiger partial charge in [0.25, 0.3) is 0 Å². The fraction of sp³-hybridized carbons (Fsp3) is 0.429. The first-order valence-corrected chi connectivity index (χ1v) is 6.51. The number of fused-ring (bicyclic) bond motifs is 1. The Balaban J connectivity index is 1.95. The highest BCUT2D eigenvalue weighted by Crippen LogP contribution is 2.48. The maximum atomic E-state index is 11.3. The summed E-state index contributed by atoms with van der Waals surface area (Å²) in [6, 6.07) is 5.96. The molecule has 19 heavy (non-hydrogen) atoms. The highest BCUT2D eigenvalue weighted by molar-refractivity contribution is 5.78. The first kappa shape index (κ1) is 12.0. The van der Waals surface area contributed by atoms with E-state index in [1.807, 2.05) is 12.1 Å². The monoisotopic (exact) mass is 259 g/mol. The van der Waals surface area contributed by atoms with Gasteiger partial charge < -0.3 is 15.3 Å². The largest absolute Gasteiger partial charge is 0.382 e. The molecule has 1 aliphatic carbocycles. The van der Waals surface area contributed by atoms with Crippen LogP contribution < -0.4 is 16.4 Å². The van der Waals surface area contributed by atoms with Crippen molar-refractivity contribution in [2.75, 3.05) is 5.32 Å². The Kier molecular flexibility index (Phi) is 2.52. The van der Waals surface area contributed by atoms with Gasteiger partial charge in [0.2, 0.25) is 0 Å². The molecule has 1 fully saturated rings. The molecule has 0 saturated heterocycles. The van der Waals surface area contributed by atoms with Crippen LogP contribution in [0.2, 0.25) is 0 Å². The van der Waals surface area contributed by atoms with E-state index in [1.54, 1.807) is 6.07 Å². The van der Waals surface area contributed by atoms with Gasteiger partial charge in [0.1, 0.15) is 0 Å². The van der Waals surface area contributed by atoms with Crippen LogP contribution in [0.25, 0.3) is 11.0 Å². The normalized spacial score (nSPS) is 18.2. The van der Waals surface area contributed by atoms with Crippen molar-refractivity contribution in [3.05, 3.63) is 38.9 Å². The van der Waals surface area contributed by atoms with Gasteiger partial charge in [-0.15, -0.1) is 0 Å². The number of rotatable bonds is 3. The average Bonchev–Trinajstić information content (AvgIpc) is 3.11. The topological polar surface area (TPSA) is 77.8 Å². The second kappa shape index (κ2) is 3.98. The minimum atomic E-state index is -0.619. The van der Waals surface area contributed by atoms with E-state index in [2.05, 4.69) is 29.1 Å². The lowest BCUT2D eigenvalue weighted by Gasteiger charge is -2.21. The zero-order valence-electron chi connectivity index (χ0n) is 11.0. The Hall–Kier alpha value is -2.04. The van der Waals surface area contributed by atoms with Crippen LogP contribution in [0.3, 0.4) is 0 Å². The summed E-state index contributed by atoms with van der Waals surface area (Å²) in [7, 11) is 0. The molecular weight excluding hydrogens is 242 g/mol. The zero-order valence-corrected chi connectivity index (χ0v) is 11.0. The molecule has 2 aromatic rings. The van der Waals surface area contributed by atoms with Crippen molar-refractivity contribution >= 4 is 16.7 Å². The van der Waals surface area contributed by atoms with Gasteiger partial charge in [-0.2, -0.15) is 0 Å². The number of hydrogen-bond acceptors (Lipinski definition) is 3. The summed E-state index contributed by atoms with van der Waals surface area (Å²) in [6.07, 6.45) is 2.50. The van der Waals surface area contributed by atoms with Gasteiger partial charge in [0.15, 0.2) is 0 Å². The summed E-state index contributed by atoms with van der Waals surface area (Å²) in [5.74, 6) is 0. The van der Waals surface area contributed by atoms with Crippen LogP contribution in [-0.2, 0) is 0 Å². The lowest BCUT2D eigenvalue weighted by Crippen LogP contribution is -2.29. The highest BCUT2D eigenvalue weighted by atomic mass is 16.2. The number of benzene rings is 1. The van der Waals surface area contributed by atoms with Gasteiger partial charge in [-0.05, 0) is 43.4 Å². The second-order valence-corrected chi connectivity index (χ2v) is 5.69. The van der Waals surface area contributed by atoms with Gasteiger partial charge in [-0.25, -0.2) is 0 Å². The Labute approximate surface area is 110 Å². The predicted octanol–water partition coefficient (Wildman–Crippen LogP) is 1.82. The van der Waals surface area contributed by atoms with Crippen LogP contribution >= 0.6 is 0 Å². The molecule has 0 bridgehead atoms. The molecule has 0 amide bonds. The number of hydrogen-bond donors (Lipinski definition) is 3. The average molecular weight is 259 g/mol. The standard InChI is InChI=1S/C14H17N3O2/c1-8(14(2)5-6-14)15-9-3-4-10-11(7-9)17-13(19)12(18)16-10/h3-4,7-8,15H,5-6H2,1-2H3,(H,16,18)(H,17,19). The summed E-state index contributed by atoms with van der Waals surface area (Å²) >= 11 is 0. The number of anilines is 1. The fourth-order valence-corrected chi connectivity index (χ4v) is 2.26. The molecule has 100 valence electrons. The Morgan fingerprint density at radius 1 is 1.16 bits per heavy atom. The maximum Gasteiger partial charge on any atom is 0.314 e. The van der Waals surface area contributed by atoms with Crippen LogP contribution in [0, 0.1) is 5.41 Å². The van der Waals surface area contributed by atoms with Crippen LogP contribution in [0.4, 0.5) is 5.69 Å². The van der Waals surface area contributed by atoms with Gasteiger partial charge in [-0.1, -0.05) is 6.92 Å². The third-order valence-corrected chi connectivity index (χ3v) is 4.19. The van der Waals surface area contributed by atoms with E-state index in [0.717, 1.165) is 5.69 Å². The summed E-state index contributed by atoms with van der Waals surface area (Å²) in [4.78, 5) is 27.7. The summed E-state index contributed by atoms with van der Waals surface area (Å²) in [6.45, 7) is 4.44. The van der Waals surface area contributed by atoms with Gasteiger partial charge in [0, 0.05) is 11.7 Å². The van der Waals surface area contributed by atoms with Gasteiger partial charge in [-0.3, -0.25) is 9.59 Å². The molecule has 1 aromatic carbocycles. The molecule has 1 heterocycles. The first-order valence-electron chi connectivity index (χ1n) is 6.51. The number of nitrogens with one attached hydrogen (secondary N) is 3. The van der Waals surface area contributed by atoms with E-state index in [1.165, 1.54) is 12.8 Å². The number of aromatic nitrogens is 2. The molecule has 5 heteroatoms. The van der Waals surface area contributed by atoms with Crippen LogP contribution in [0.1, 0.15) is 26.7 Å². The Morgan fingerprint density at radius 2 is 1.79 bits per heavy atom. The smallest absolute Gasteiger partial charge is 0.314 e. The summed E-state index contributed by atoms with van der Waals surface area (Å²) < 4.78 is 0. The Bertz CT molecular complexity index is 740. The molecule has 0 spiro atoms. The maximum absolute atomic E-state index is 11.3. The quantitative estimate of drug-likeness (QED) is 0.736. The predicted molar refractivity (Wildman–Crippen MR) is 75.6 cm³/mol. The third kappa shape index (κ3) is 2.16. The van der Waals surface area contributed by atoms with Crippen molar-refractivity contribution in [3.8, 4) is 0 Å². The van der Waals surface area contributed by atoms with Crippen molar-refractivity contribution in [1.82, 2.24) is 9.97 Å². The second-order valence-electron chi connectivity index (χ2n) is 5.69. The van der Waals surface area contributed by atoms with Crippen molar-refractivity contribution < 1.29 is 0 Å². The van der Waals surface area contributed by atoms with E-state index >= 15 is 0 Å². The van der Waals surface area contributed by atoms with Crippen molar-refractivity contribution in [2.45, 2.75) is 32.7 Å². The van der Waals surface area contributed by atoms with Crippen LogP contribution in [-0.4, -0.2) is 16.0 Å². The summed E-state index contributed by atoms with van der Waals surface area (Å²) in [5.41, 5.74) is 1.38. The lowest BCUT2D eigenvalue weighted by molar-refractivity contribution is 0.493. The molecule has 5 nitrogen and oxygen atoms in total. The third-order valence-electron chi connectivity index (χ3n) is 4.19. The molecule has 1 atom stereocenters. The van der Waals surface area contributed by atoms with Crippen molar-refractivity contribution in [3.63, 3.8) is 0 Å². The van der Waals surface area contributed by atoms with Crippen molar-refractivity contribution in [1.29, 1.82) is 0 Å². The van der Waals surface area contributed by atoms with Crippen LogP contribution in [0.5, 0.6) is 0 Å². The number of H-pyrrole nitrogens is 2. The fourth-order valence-electron chi connectivity index (χ4n) is 2.26. The lowest BCUT2D eigenvalue weighted by atomic mass is 10.0. The molecule has 0 radical (unpaired) electrons. The van der Waals surface area contributed by atoms with E-state index in [9.17, 15) is 9.59 Å². The van der Waals surface area contributed by atoms with Crippen LogP contribution in [0.15, 0.2) is 27.8 Å². The highest BCUT2D eigenvalue weighted by Gasteiger charge is 2.42. The van der Waals surface area contributed by atoms with Gasteiger partial charge >= 0.3 is 11.1 Å². The molecule has 1 aliphatic rings. The molecule has 1 aromatic heterocycles. The SMILES string of the molecule is CC(Nc1ccc2[nH]c(=O)c(=O)[nH]c2c1)C1(C)CC1. The minimum Gasteiger partial charge on any atom is -0.382 e. The molecule has 1 saturated carbocycles. The molecule has 1 unspecified atom stereocenters. The zero-order chi connectivity index (χ0) is 13.6. The van der Waals surface area contributed by atoms with E-state index in [4.69, 9.17) is 0 Å². The molecule has 3 N–H and O–H groups in total. The van der Waals surface area contributed by atoms with Gasteiger partial charge in [0.05, 0.1) is 11.0 Å². The van der Waals surface area contributed by atoms with E-state index < -0.39 is 11.1 Å². The van der Waals surface area contributed by atoms with Crippen molar-refractivity contribution in [2.24, 2.45) is 5.41 Å². The molecule has 0 aliphatic heterocycles. The molecule has 3 rings (SSSR count). The van der Waals surface area contributed by atoms with E-state index in [0.29, 0.717) is 22.5 Å².